The summed E-state index contributed by atoms with van der Waals surface area (Å²) in [5.74, 6) is -0.0575. The van der Waals surface area contributed by atoms with Crippen LogP contribution in [0.5, 0.6) is 0 Å². The van der Waals surface area contributed by atoms with E-state index in [1.807, 2.05) is 37.3 Å². The Balaban J connectivity index is 1.72. The van der Waals surface area contributed by atoms with Gasteiger partial charge in [0.1, 0.15) is 0 Å². The van der Waals surface area contributed by atoms with Gasteiger partial charge in [-0.15, -0.1) is 0 Å². The number of carbonyl (C=O) groups is 2. The predicted molar refractivity (Wildman–Crippen MR) is 104 cm³/mol. The molecule has 1 amide bonds. The summed E-state index contributed by atoms with van der Waals surface area (Å²) in [6, 6.07) is 12.6. The van der Waals surface area contributed by atoms with E-state index in [9.17, 15) is 9.59 Å². The SMILES string of the molecule is CCCC(=O)Nc1cccc(-c2ccnc3c(C(=O)c4ccco4)cnn23)c1. The maximum atomic E-state index is 12.6. The Morgan fingerprint density at radius 1 is 1.18 bits per heavy atom. The van der Waals surface area contributed by atoms with Gasteiger partial charge < -0.3 is 9.73 Å². The van der Waals surface area contributed by atoms with E-state index in [1.165, 1.54) is 12.5 Å². The molecule has 0 spiro atoms. The maximum absolute atomic E-state index is 12.6. The van der Waals surface area contributed by atoms with Crippen molar-refractivity contribution < 1.29 is 14.0 Å². The first kappa shape index (κ1) is 17.7. The molecule has 0 aliphatic carbocycles. The van der Waals surface area contributed by atoms with E-state index in [0.29, 0.717) is 23.3 Å². The first-order valence-corrected chi connectivity index (χ1v) is 8.98. The van der Waals surface area contributed by atoms with Crippen molar-refractivity contribution in [1.29, 1.82) is 0 Å². The van der Waals surface area contributed by atoms with Crippen LogP contribution in [0, 0.1) is 0 Å². The highest BCUT2D eigenvalue weighted by Crippen LogP contribution is 2.25. The summed E-state index contributed by atoms with van der Waals surface area (Å²) in [6.07, 6.45) is 5.84. The molecule has 0 saturated heterocycles. The Morgan fingerprint density at radius 3 is 2.86 bits per heavy atom. The fourth-order valence-electron chi connectivity index (χ4n) is 3.02. The second kappa shape index (κ2) is 7.48. The molecular weight excluding hydrogens is 356 g/mol. The standard InChI is InChI=1S/C21H18N4O3/c1-2-5-19(26)24-15-7-3-6-14(12-15)17-9-10-22-21-16(13-23-25(17)21)20(27)18-8-4-11-28-18/h3-4,6-13H,2,5H2,1H3,(H,24,26). The van der Waals surface area contributed by atoms with Crippen LogP contribution in [0.15, 0.2) is 65.5 Å². The van der Waals surface area contributed by atoms with Gasteiger partial charge in [0.25, 0.3) is 0 Å². The number of hydrogen-bond donors (Lipinski definition) is 1. The molecule has 4 aromatic rings. The lowest BCUT2D eigenvalue weighted by atomic mass is 10.1. The van der Waals surface area contributed by atoms with Crippen LogP contribution in [-0.4, -0.2) is 26.3 Å². The summed E-state index contributed by atoms with van der Waals surface area (Å²) < 4.78 is 6.82. The van der Waals surface area contributed by atoms with Crippen molar-refractivity contribution in [2.24, 2.45) is 0 Å². The fourth-order valence-corrected chi connectivity index (χ4v) is 3.02. The van der Waals surface area contributed by atoms with Crippen LogP contribution in [-0.2, 0) is 4.79 Å². The molecule has 0 aliphatic heterocycles. The summed E-state index contributed by atoms with van der Waals surface area (Å²) in [7, 11) is 0. The quantitative estimate of drug-likeness (QED) is 0.516. The van der Waals surface area contributed by atoms with Gasteiger partial charge in [-0.1, -0.05) is 19.1 Å². The first-order chi connectivity index (χ1) is 13.7. The van der Waals surface area contributed by atoms with Crippen molar-refractivity contribution >= 4 is 23.0 Å². The van der Waals surface area contributed by atoms with Gasteiger partial charge in [-0.05, 0) is 36.8 Å². The minimum absolute atomic E-state index is 0.0232. The Labute approximate surface area is 161 Å². The van der Waals surface area contributed by atoms with Crippen molar-refractivity contribution in [2.75, 3.05) is 5.32 Å². The summed E-state index contributed by atoms with van der Waals surface area (Å²) in [5, 5.41) is 7.24. The zero-order chi connectivity index (χ0) is 19.5. The van der Waals surface area contributed by atoms with Gasteiger partial charge >= 0.3 is 0 Å². The molecule has 1 N–H and O–H groups in total. The van der Waals surface area contributed by atoms with E-state index in [2.05, 4.69) is 15.4 Å². The molecular formula is C21H18N4O3. The van der Waals surface area contributed by atoms with Crippen molar-refractivity contribution in [1.82, 2.24) is 14.6 Å². The first-order valence-electron chi connectivity index (χ1n) is 8.98. The van der Waals surface area contributed by atoms with E-state index in [4.69, 9.17) is 4.42 Å². The predicted octanol–water partition coefficient (Wildman–Crippen LogP) is 3.96. The van der Waals surface area contributed by atoms with E-state index >= 15 is 0 Å². The average Bonchev–Trinajstić information content (AvgIpc) is 3.38. The highest BCUT2D eigenvalue weighted by Gasteiger charge is 2.19. The van der Waals surface area contributed by atoms with E-state index in [-0.39, 0.29) is 17.5 Å². The number of amides is 1. The number of anilines is 1. The second-order valence-corrected chi connectivity index (χ2v) is 6.31. The van der Waals surface area contributed by atoms with Crippen molar-refractivity contribution in [2.45, 2.75) is 19.8 Å². The third kappa shape index (κ3) is 3.29. The molecule has 0 fully saturated rings. The van der Waals surface area contributed by atoms with Crippen LogP contribution >= 0.6 is 0 Å². The number of benzene rings is 1. The lowest BCUT2D eigenvalue weighted by Crippen LogP contribution is -2.10. The third-order valence-corrected chi connectivity index (χ3v) is 4.31. The molecule has 3 heterocycles. The maximum Gasteiger partial charge on any atom is 0.233 e. The second-order valence-electron chi connectivity index (χ2n) is 6.31. The number of carbonyl (C=O) groups excluding carboxylic acids is 2. The molecule has 0 bridgehead atoms. The fraction of sp³-hybridized carbons (Fsp3) is 0.143. The van der Waals surface area contributed by atoms with Crippen molar-refractivity contribution in [3.05, 3.63) is 72.4 Å². The Bertz CT molecular complexity index is 1150. The van der Waals surface area contributed by atoms with Gasteiger partial charge in [0.15, 0.2) is 11.4 Å². The van der Waals surface area contributed by atoms with Gasteiger partial charge in [-0.2, -0.15) is 5.10 Å². The van der Waals surface area contributed by atoms with Crippen LogP contribution in [0.4, 0.5) is 5.69 Å². The molecule has 4 rings (SSSR count). The van der Waals surface area contributed by atoms with Crippen LogP contribution in [0.2, 0.25) is 0 Å². The van der Waals surface area contributed by atoms with Crippen LogP contribution in [0.1, 0.15) is 35.9 Å². The largest absolute Gasteiger partial charge is 0.461 e. The van der Waals surface area contributed by atoms with E-state index in [0.717, 1.165) is 17.7 Å². The lowest BCUT2D eigenvalue weighted by Gasteiger charge is -2.08. The third-order valence-electron chi connectivity index (χ3n) is 4.31. The smallest absolute Gasteiger partial charge is 0.233 e. The van der Waals surface area contributed by atoms with Gasteiger partial charge in [-0.25, -0.2) is 9.50 Å². The zero-order valence-corrected chi connectivity index (χ0v) is 15.3. The Kier molecular flexibility index (Phi) is 4.72. The van der Waals surface area contributed by atoms with Crippen molar-refractivity contribution in [3.8, 4) is 11.3 Å². The highest BCUT2D eigenvalue weighted by molar-refractivity contribution is 6.10. The van der Waals surface area contributed by atoms with Gasteiger partial charge in [-0.3, -0.25) is 9.59 Å². The molecule has 0 unspecified atom stereocenters. The molecule has 0 aliphatic rings. The Hall–Kier alpha value is -3.74. The number of ketones is 1. The number of aromatic nitrogens is 3. The van der Waals surface area contributed by atoms with Gasteiger partial charge in [0.05, 0.1) is 23.7 Å². The molecule has 3 aromatic heterocycles. The number of hydrogen-bond acceptors (Lipinski definition) is 5. The molecule has 28 heavy (non-hydrogen) atoms. The summed E-state index contributed by atoms with van der Waals surface area (Å²) in [6.45, 7) is 1.96. The molecule has 7 nitrogen and oxygen atoms in total. The summed E-state index contributed by atoms with van der Waals surface area (Å²) >= 11 is 0. The normalized spacial score (nSPS) is 10.9. The van der Waals surface area contributed by atoms with E-state index in [1.54, 1.807) is 22.8 Å². The van der Waals surface area contributed by atoms with Gasteiger partial charge in [0.2, 0.25) is 11.7 Å². The van der Waals surface area contributed by atoms with Crippen molar-refractivity contribution in [3.63, 3.8) is 0 Å². The summed E-state index contributed by atoms with van der Waals surface area (Å²) in [5.41, 5.74) is 3.13. The summed E-state index contributed by atoms with van der Waals surface area (Å²) in [4.78, 5) is 28.8. The number of rotatable bonds is 6. The molecule has 140 valence electrons. The topological polar surface area (TPSA) is 89.5 Å². The van der Waals surface area contributed by atoms with Crippen LogP contribution in [0.3, 0.4) is 0 Å². The molecule has 1 aromatic carbocycles. The number of fused-ring (bicyclic) bond motifs is 1. The lowest BCUT2D eigenvalue weighted by molar-refractivity contribution is -0.116. The molecule has 7 heteroatoms. The van der Waals surface area contributed by atoms with Crippen LogP contribution in [0.25, 0.3) is 16.9 Å². The van der Waals surface area contributed by atoms with E-state index < -0.39 is 0 Å². The number of nitrogens with one attached hydrogen (secondary N) is 1. The number of nitrogens with zero attached hydrogens (tertiary/aromatic N) is 3. The zero-order valence-electron chi connectivity index (χ0n) is 15.3. The minimum atomic E-state index is -0.273. The van der Waals surface area contributed by atoms with Gasteiger partial charge in [0, 0.05) is 23.9 Å². The average molecular weight is 374 g/mol. The Morgan fingerprint density at radius 2 is 2.07 bits per heavy atom. The number of furan rings is 1. The molecule has 0 radical (unpaired) electrons. The molecule has 0 saturated carbocycles. The molecule has 0 atom stereocenters. The monoisotopic (exact) mass is 374 g/mol. The minimum Gasteiger partial charge on any atom is -0.461 e. The highest BCUT2D eigenvalue weighted by atomic mass is 16.3. The van der Waals surface area contributed by atoms with Crippen LogP contribution < -0.4 is 5.32 Å².